The molecule has 0 saturated carbocycles. The van der Waals surface area contributed by atoms with Gasteiger partial charge < -0.3 is 14.5 Å². The lowest BCUT2D eigenvalue weighted by molar-refractivity contribution is 0.0917. The maximum Gasteiger partial charge on any atom is 0.309 e. The van der Waals surface area contributed by atoms with Gasteiger partial charge in [-0.3, -0.25) is 4.79 Å². The Balaban J connectivity index is 1.68. The fraction of sp³-hybridized carbons (Fsp3) is 0.167. The van der Waals surface area contributed by atoms with Gasteiger partial charge in [-0.1, -0.05) is 24.3 Å². The number of nitrogens with zero attached hydrogens (tertiary/aromatic N) is 2. The standard InChI is InChI=1S/C18H17N3O3/c1-12-5-3-4-6-14(12)11-19-16(22)18-21-20-17(24-18)13-7-9-15(23-2)10-8-13/h3-10H,11H2,1-2H3,(H,19,22). The van der Waals surface area contributed by atoms with Crippen LogP contribution in [0.4, 0.5) is 0 Å². The topological polar surface area (TPSA) is 77.2 Å². The fourth-order valence-corrected chi connectivity index (χ4v) is 2.22. The molecule has 0 unspecified atom stereocenters. The first-order valence-corrected chi connectivity index (χ1v) is 7.48. The van der Waals surface area contributed by atoms with Crippen LogP contribution in [0.1, 0.15) is 21.8 Å². The summed E-state index contributed by atoms with van der Waals surface area (Å²) in [6.07, 6.45) is 0. The number of carbonyl (C=O) groups excluding carboxylic acids is 1. The molecule has 2 aromatic carbocycles. The Labute approximate surface area is 139 Å². The highest BCUT2D eigenvalue weighted by Crippen LogP contribution is 2.21. The Bertz CT molecular complexity index is 841. The van der Waals surface area contributed by atoms with Crippen LogP contribution in [0.2, 0.25) is 0 Å². The average Bonchev–Trinajstić information content (AvgIpc) is 3.11. The quantitative estimate of drug-likeness (QED) is 0.781. The van der Waals surface area contributed by atoms with Crippen LogP contribution in [0.15, 0.2) is 52.9 Å². The third-order valence-electron chi connectivity index (χ3n) is 3.66. The third kappa shape index (κ3) is 3.43. The van der Waals surface area contributed by atoms with Crippen LogP contribution in [0.25, 0.3) is 11.5 Å². The molecular weight excluding hydrogens is 306 g/mol. The number of amides is 1. The second kappa shape index (κ2) is 6.95. The Morgan fingerprint density at radius 3 is 2.58 bits per heavy atom. The molecule has 0 bridgehead atoms. The van der Waals surface area contributed by atoms with Crippen molar-refractivity contribution in [3.63, 3.8) is 0 Å². The minimum absolute atomic E-state index is 0.0607. The van der Waals surface area contributed by atoms with Crippen LogP contribution in [0, 0.1) is 6.92 Å². The molecule has 1 N–H and O–H groups in total. The summed E-state index contributed by atoms with van der Waals surface area (Å²) in [5.74, 6) is 0.563. The number of aryl methyl sites for hydroxylation is 1. The highest BCUT2D eigenvalue weighted by molar-refractivity contribution is 5.89. The van der Waals surface area contributed by atoms with Gasteiger partial charge in [-0.2, -0.15) is 0 Å². The van der Waals surface area contributed by atoms with Crippen molar-refractivity contribution in [2.45, 2.75) is 13.5 Å². The van der Waals surface area contributed by atoms with Crippen LogP contribution in [0.5, 0.6) is 5.75 Å². The molecule has 0 atom stereocenters. The molecule has 0 radical (unpaired) electrons. The first-order valence-electron chi connectivity index (χ1n) is 7.48. The number of nitrogens with one attached hydrogen (secondary N) is 1. The second-order valence-electron chi connectivity index (χ2n) is 5.25. The van der Waals surface area contributed by atoms with Crippen LogP contribution >= 0.6 is 0 Å². The van der Waals surface area contributed by atoms with E-state index in [1.54, 1.807) is 31.4 Å². The smallest absolute Gasteiger partial charge is 0.309 e. The Hall–Kier alpha value is -3.15. The van der Waals surface area contributed by atoms with E-state index in [1.807, 2.05) is 31.2 Å². The number of hydrogen-bond acceptors (Lipinski definition) is 5. The summed E-state index contributed by atoms with van der Waals surface area (Å²) in [5, 5.41) is 10.5. The van der Waals surface area contributed by atoms with Gasteiger partial charge in [0.25, 0.3) is 0 Å². The summed E-state index contributed by atoms with van der Waals surface area (Å²) < 4.78 is 10.5. The number of hydrogen-bond donors (Lipinski definition) is 1. The lowest BCUT2D eigenvalue weighted by Crippen LogP contribution is -2.23. The van der Waals surface area contributed by atoms with E-state index in [-0.39, 0.29) is 5.89 Å². The summed E-state index contributed by atoms with van der Waals surface area (Å²) >= 11 is 0. The van der Waals surface area contributed by atoms with E-state index >= 15 is 0 Å². The Morgan fingerprint density at radius 2 is 1.88 bits per heavy atom. The number of aromatic nitrogens is 2. The van der Waals surface area contributed by atoms with Crippen molar-refractivity contribution < 1.29 is 13.9 Å². The van der Waals surface area contributed by atoms with Gasteiger partial charge in [0, 0.05) is 12.1 Å². The molecule has 3 rings (SSSR count). The van der Waals surface area contributed by atoms with Crippen molar-refractivity contribution in [1.29, 1.82) is 0 Å². The van der Waals surface area contributed by atoms with Gasteiger partial charge in [-0.25, -0.2) is 0 Å². The van der Waals surface area contributed by atoms with E-state index in [0.717, 1.165) is 22.4 Å². The maximum absolute atomic E-state index is 12.1. The van der Waals surface area contributed by atoms with Gasteiger partial charge in [0.1, 0.15) is 5.75 Å². The molecule has 1 aromatic heterocycles. The predicted octanol–water partition coefficient (Wildman–Crippen LogP) is 2.98. The molecule has 24 heavy (non-hydrogen) atoms. The maximum atomic E-state index is 12.1. The van der Waals surface area contributed by atoms with Crippen molar-refractivity contribution in [2.75, 3.05) is 7.11 Å². The van der Waals surface area contributed by atoms with Gasteiger partial charge in [0.05, 0.1) is 7.11 Å². The fourth-order valence-electron chi connectivity index (χ4n) is 2.22. The summed E-state index contributed by atoms with van der Waals surface area (Å²) in [5.41, 5.74) is 2.88. The largest absolute Gasteiger partial charge is 0.497 e. The van der Waals surface area contributed by atoms with Crippen LogP contribution in [0.3, 0.4) is 0 Å². The molecule has 0 aliphatic rings. The van der Waals surface area contributed by atoms with Gasteiger partial charge in [-0.15, -0.1) is 10.2 Å². The zero-order valence-corrected chi connectivity index (χ0v) is 13.4. The van der Waals surface area contributed by atoms with E-state index < -0.39 is 5.91 Å². The normalized spacial score (nSPS) is 10.4. The lowest BCUT2D eigenvalue weighted by Gasteiger charge is -2.05. The molecule has 0 aliphatic heterocycles. The first kappa shape index (κ1) is 15.7. The monoisotopic (exact) mass is 323 g/mol. The van der Waals surface area contributed by atoms with E-state index in [1.165, 1.54) is 0 Å². The Morgan fingerprint density at radius 1 is 1.12 bits per heavy atom. The molecule has 1 heterocycles. The number of benzene rings is 2. The first-order chi connectivity index (χ1) is 11.7. The molecule has 122 valence electrons. The average molecular weight is 323 g/mol. The summed E-state index contributed by atoms with van der Waals surface area (Å²) in [4.78, 5) is 12.1. The van der Waals surface area contributed by atoms with Crippen molar-refractivity contribution in [3.05, 3.63) is 65.5 Å². The number of ether oxygens (including phenoxy) is 1. The lowest BCUT2D eigenvalue weighted by atomic mass is 10.1. The summed E-state index contributed by atoms with van der Waals surface area (Å²) in [6.45, 7) is 2.40. The van der Waals surface area contributed by atoms with Gasteiger partial charge in [0.15, 0.2) is 0 Å². The second-order valence-corrected chi connectivity index (χ2v) is 5.25. The van der Waals surface area contributed by atoms with E-state index in [9.17, 15) is 4.79 Å². The molecule has 1 amide bonds. The third-order valence-corrected chi connectivity index (χ3v) is 3.66. The van der Waals surface area contributed by atoms with Crippen LogP contribution < -0.4 is 10.1 Å². The Kier molecular flexibility index (Phi) is 4.56. The van der Waals surface area contributed by atoms with Crippen LogP contribution in [-0.4, -0.2) is 23.2 Å². The number of rotatable bonds is 5. The molecule has 6 nitrogen and oxygen atoms in total. The molecule has 0 fully saturated rings. The van der Waals surface area contributed by atoms with Crippen molar-refractivity contribution >= 4 is 5.91 Å². The van der Waals surface area contributed by atoms with E-state index in [4.69, 9.17) is 9.15 Å². The number of carbonyl (C=O) groups is 1. The molecule has 0 spiro atoms. The van der Waals surface area contributed by atoms with Crippen molar-refractivity contribution in [3.8, 4) is 17.2 Å². The van der Waals surface area contributed by atoms with Gasteiger partial charge in [-0.05, 0) is 42.3 Å². The molecule has 0 saturated heterocycles. The zero-order valence-electron chi connectivity index (χ0n) is 13.4. The van der Waals surface area contributed by atoms with Crippen molar-refractivity contribution in [2.24, 2.45) is 0 Å². The molecule has 6 heteroatoms. The van der Waals surface area contributed by atoms with E-state index in [2.05, 4.69) is 15.5 Å². The molecule has 0 aliphatic carbocycles. The van der Waals surface area contributed by atoms with Gasteiger partial charge in [0.2, 0.25) is 5.89 Å². The minimum Gasteiger partial charge on any atom is -0.497 e. The molecule has 3 aromatic rings. The highest BCUT2D eigenvalue weighted by atomic mass is 16.5. The van der Waals surface area contributed by atoms with Gasteiger partial charge >= 0.3 is 11.8 Å². The minimum atomic E-state index is -0.398. The van der Waals surface area contributed by atoms with E-state index in [0.29, 0.717) is 12.4 Å². The SMILES string of the molecule is COc1ccc(-c2nnc(C(=O)NCc3ccccc3C)o2)cc1. The highest BCUT2D eigenvalue weighted by Gasteiger charge is 2.15. The van der Waals surface area contributed by atoms with Crippen molar-refractivity contribution in [1.82, 2.24) is 15.5 Å². The summed E-state index contributed by atoms with van der Waals surface area (Å²) in [6, 6.07) is 15.0. The van der Waals surface area contributed by atoms with Crippen LogP contribution in [-0.2, 0) is 6.54 Å². The summed E-state index contributed by atoms with van der Waals surface area (Å²) in [7, 11) is 1.60. The molecular formula is C18H17N3O3. The number of methoxy groups -OCH3 is 1. The zero-order chi connectivity index (χ0) is 16.9. The predicted molar refractivity (Wildman–Crippen MR) is 88.6 cm³/mol.